The number of phenols is 1. The second kappa shape index (κ2) is 4.99. The predicted octanol–water partition coefficient (Wildman–Crippen LogP) is 1.02. The lowest BCUT2D eigenvalue weighted by molar-refractivity contribution is -0.116. The van der Waals surface area contributed by atoms with Crippen molar-refractivity contribution in [2.45, 2.75) is 18.3 Å². The number of aliphatic hydroxyl groups is 1. The van der Waals surface area contributed by atoms with E-state index >= 15 is 0 Å². The molecule has 0 aromatic heterocycles. The fraction of sp³-hybridized carbons (Fsp3) is 0.231. The molecule has 0 saturated carbocycles. The van der Waals surface area contributed by atoms with Gasteiger partial charge >= 0.3 is 0 Å². The van der Waals surface area contributed by atoms with Crippen LogP contribution in [0.4, 0.5) is 0 Å². The Hall–Kier alpha value is -1.60. The van der Waals surface area contributed by atoms with Gasteiger partial charge in [0.05, 0.1) is 15.7 Å². The number of rotatable bonds is 2. The molecule has 3 unspecified atom stereocenters. The summed E-state index contributed by atoms with van der Waals surface area (Å²) in [6.07, 6.45) is -1.28. The number of benzene rings is 1. The molecule has 3 N–H and O–H groups in total. The first-order valence-electron chi connectivity index (χ1n) is 5.97. The molecule has 1 saturated heterocycles. The topological polar surface area (TPSA) is 99.2 Å². The number of hydrogen-bond acceptors (Lipinski definition) is 5. The van der Waals surface area contributed by atoms with E-state index in [0.717, 1.165) is 6.08 Å². The summed E-state index contributed by atoms with van der Waals surface area (Å²) < 4.78 is 4.99. The van der Waals surface area contributed by atoms with Crippen LogP contribution in [0, 0.1) is 0 Å². The number of ether oxygens (including phenoxy) is 1. The first kappa shape index (κ1) is 14.3. The fourth-order valence-electron chi connectivity index (χ4n) is 2.15. The average molecular weight is 330 g/mol. The van der Waals surface area contributed by atoms with Crippen molar-refractivity contribution >= 4 is 34.9 Å². The monoisotopic (exact) mass is 329 g/mol. The van der Waals surface area contributed by atoms with Crippen molar-refractivity contribution < 1.29 is 24.5 Å². The molecular formula is C13H9Cl2NO5. The van der Waals surface area contributed by atoms with E-state index in [1.54, 1.807) is 0 Å². The molecule has 21 heavy (non-hydrogen) atoms. The quantitative estimate of drug-likeness (QED) is 0.703. The van der Waals surface area contributed by atoms with E-state index < -0.39 is 30.0 Å². The van der Waals surface area contributed by atoms with E-state index in [-0.39, 0.29) is 27.1 Å². The lowest BCUT2D eigenvalue weighted by Gasteiger charge is -2.17. The van der Waals surface area contributed by atoms with Gasteiger partial charge in [-0.3, -0.25) is 9.59 Å². The third-order valence-corrected chi connectivity index (χ3v) is 3.92. The minimum atomic E-state index is -1.11. The largest absolute Gasteiger partial charge is 0.505 e. The second-order valence-electron chi connectivity index (χ2n) is 4.68. The van der Waals surface area contributed by atoms with Gasteiger partial charge in [0.25, 0.3) is 5.91 Å². The van der Waals surface area contributed by atoms with Crippen LogP contribution in [0.25, 0.3) is 0 Å². The molecule has 3 rings (SSSR count). The van der Waals surface area contributed by atoms with E-state index in [9.17, 15) is 19.8 Å². The fourth-order valence-corrected chi connectivity index (χ4v) is 2.55. The Balaban J connectivity index is 1.88. The van der Waals surface area contributed by atoms with Crippen molar-refractivity contribution in [3.05, 3.63) is 39.5 Å². The van der Waals surface area contributed by atoms with Crippen molar-refractivity contribution in [3.8, 4) is 5.75 Å². The summed E-state index contributed by atoms with van der Waals surface area (Å²) in [7, 11) is 0. The summed E-state index contributed by atoms with van der Waals surface area (Å²) >= 11 is 11.6. The highest BCUT2D eigenvalue weighted by molar-refractivity contribution is 6.37. The highest BCUT2D eigenvalue weighted by Gasteiger charge is 2.53. The molecule has 1 aliphatic heterocycles. The van der Waals surface area contributed by atoms with Crippen LogP contribution in [0.3, 0.4) is 0 Å². The van der Waals surface area contributed by atoms with Gasteiger partial charge in [0, 0.05) is 6.08 Å². The van der Waals surface area contributed by atoms with Gasteiger partial charge in [0.1, 0.15) is 29.6 Å². The molecule has 0 bridgehead atoms. The maximum Gasteiger partial charge on any atom is 0.260 e. The molecule has 110 valence electrons. The van der Waals surface area contributed by atoms with E-state index in [2.05, 4.69) is 5.32 Å². The van der Waals surface area contributed by atoms with Crippen LogP contribution in [0.1, 0.15) is 10.4 Å². The van der Waals surface area contributed by atoms with E-state index in [0.29, 0.717) is 0 Å². The Kier molecular flexibility index (Phi) is 3.41. The zero-order valence-corrected chi connectivity index (χ0v) is 11.9. The van der Waals surface area contributed by atoms with Crippen molar-refractivity contribution in [2.75, 3.05) is 0 Å². The van der Waals surface area contributed by atoms with Crippen molar-refractivity contribution in [2.24, 2.45) is 0 Å². The number of aromatic hydroxyl groups is 1. The molecule has 8 heteroatoms. The molecule has 3 atom stereocenters. The van der Waals surface area contributed by atoms with Crippen LogP contribution in [0.15, 0.2) is 23.9 Å². The number of ketones is 1. The van der Waals surface area contributed by atoms with Gasteiger partial charge < -0.3 is 20.3 Å². The summed E-state index contributed by atoms with van der Waals surface area (Å²) in [6, 6.07) is 2.70. The number of halogens is 2. The summed E-state index contributed by atoms with van der Waals surface area (Å²) in [6.45, 7) is 0. The van der Waals surface area contributed by atoms with E-state index in [1.807, 2.05) is 0 Å². The number of aliphatic hydroxyl groups excluding tert-OH is 1. The highest BCUT2D eigenvalue weighted by atomic mass is 35.5. The Morgan fingerprint density at radius 1 is 1.29 bits per heavy atom. The molecular weight excluding hydrogens is 321 g/mol. The van der Waals surface area contributed by atoms with E-state index in [4.69, 9.17) is 27.9 Å². The molecule has 0 spiro atoms. The Morgan fingerprint density at radius 2 is 1.95 bits per heavy atom. The van der Waals surface area contributed by atoms with Gasteiger partial charge in [0.2, 0.25) is 0 Å². The highest BCUT2D eigenvalue weighted by Crippen LogP contribution is 2.35. The summed E-state index contributed by atoms with van der Waals surface area (Å²) in [5, 5.41) is 22.0. The van der Waals surface area contributed by atoms with Crippen LogP contribution in [0.5, 0.6) is 5.75 Å². The maximum absolute atomic E-state index is 12.2. The molecule has 1 aliphatic carbocycles. The molecule has 1 fully saturated rings. The molecule has 1 heterocycles. The van der Waals surface area contributed by atoms with Crippen LogP contribution >= 0.6 is 23.2 Å². The third-order valence-electron chi connectivity index (χ3n) is 3.30. The Morgan fingerprint density at radius 3 is 2.67 bits per heavy atom. The molecule has 1 amide bonds. The van der Waals surface area contributed by atoms with Crippen LogP contribution in [-0.2, 0) is 9.53 Å². The van der Waals surface area contributed by atoms with Crippen LogP contribution < -0.4 is 5.32 Å². The number of epoxide rings is 1. The zero-order valence-electron chi connectivity index (χ0n) is 10.3. The molecule has 1 aromatic rings. The zero-order chi connectivity index (χ0) is 15.3. The molecule has 1 aromatic carbocycles. The maximum atomic E-state index is 12.2. The van der Waals surface area contributed by atoms with Crippen molar-refractivity contribution in [1.29, 1.82) is 0 Å². The first-order valence-corrected chi connectivity index (χ1v) is 6.73. The number of nitrogens with one attached hydrogen (secondary N) is 1. The second-order valence-corrected chi connectivity index (χ2v) is 5.49. The number of carbonyl (C=O) groups is 2. The van der Waals surface area contributed by atoms with Gasteiger partial charge in [-0.05, 0) is 12.1 Å². The van der Waals surface area contributed by atoms with Gasteiger partial charge in [-0.25, -0.2) is 0 Å². The summed E-state index contributed by atoms with van der Waals surface area (Å²) in [4.78, 5) is 23.7. The van der Waals surface area contributed by atoms with Crippen molar-refractivity contribution in [1.82, 2.24) is 5.32 Å². The number of amides is 1. The SMILES string of the molecule is O=C(NC1=CC(=O)C2OC2C1O)c1c(Cl)ccc(Cl)c1O. The standard InChI is InChI=1S/C13H9Cl2NO5/c14-4-1-2-5(15)9(18)8(4)13(20)16-6-3-7(17)11-12(21-11)10(6)19/h1-3,10-12,18-19H,(H,16,20). The third kappa shape index (κ3) is 2.40. The van der Waals surface area contributed by atoms with Crippen molar-refractivity contribution in [3.63, 3.8) is 0 Å². The average Bonchev–Trinajstić information content (AvgIpc) is 3.21. The van der Waals surface area contributed by atoms with Crippen LogP contribution in [0.2, 0.25) is 10.0 Å². The Bertz CT molecular complexity index is 687. The number of fused-ring (bicyclic) bond motifs is 1. The number of phenolic OH excluding ortho intramolecular Hbond substituents is 1. The summed E-state index contributed by atoms with van der Waals surface area (Å²) in [5.41, 5.74) is -0.234. The van der Waals surface area contributed by atoms with Gasteiger partial charge in [-0.1, -0.05) is 23.2 Å². The van der Waals surface area contributed by atoms with Crippen LogP contribution in [-0.4, -0.2) is 40.2 Å². The predicted molar refractivity (Wildman–Crippen MR) is 73.4 cm³/mol. The van der Waals surface area contributed by atoms with E-state index in [1.165, 1.54) is 12.1 Å². The smallest absolute Gasteiger partial charge is 0.260 e. The first-order chi connectivity index (χ1) is 9.90. The molecule has 0 radical (unpaired) electrons. The minimum Gasteiger partial charge on any atom is -0.505 e. The molecule has 6 nitrogen and oxygen atoms in total. The van der Waals surface area contributed by atoms with Gasteiger partial charge in [-0.2, -0.15) is 0 Å². The van der Waals surface area contributed by atoms with Gasteiger partial charge in [0.15, 0.2) is 5.78 Å². The minimum absolute atomic E-state index is 0.000748. The lowest BCUT2D eigenvalue weighted by atomic mass is 10.0. The van der Waals surface area contributed by atoms with Gasteiger partial charge in [-0.15, -0.1) is 0 Å². The Labute approximate surface area is 128 Å². The molecule has 2 aliphatic rings. The normalized spacial score (nSPS) is 26.9. The number of carbonyl (C=O) groups excluding carboxylic acids is 2. The lowest BCUT2D eigenvalue weighted by Crippen LogP contribution is -2.37. The summed E-state index contributed by atoms with van der Waals surface area (Å²) in [5.74, 6) is -1.58. The number of hydrogen-bond donors (Lipinski definition) is 3.